The highest BCUT2D eigenvalue weighted by Gasteiger charge is 2.15. The Morgan fingerprint density at radius 1 is 1.38 bits per heavy atom. The van der Waals surface area contributed by atoms with Gasteiger partial charge >= 0.3 is 0 Å². The summed E-state index contributed by atoms with van der Waals surface area (Å²) in [6.07, 6.45) is 1.06. The number of nitrogens with one attached hydrogen (secondary N) is 1. The quantitative estimate of drug-likeness (QED) is 0.883. The van der Waals surface area contributed by atoms with Crippen molar-refractivity contribution in [2.45, 2.75) is 46.2 Å². The van der Waals surface area contributed by atoms with Crippen molar-refractivity contribution in [3.05, 3.63) is 27.7 Å². The second kappa shape index (κ2) is 5.19. The van der Waals surface area contributed by atoms with E-state index in [9.17, 15) is 5.11 Å². The Balaban J connectivity index is 2.82. The summed E-state index contributed by atoms with van der Waals surface area (Å²) in [5, 5.41) is 13.3. The molecule has 16 heavy (non-hydrogen) atoms. The average molecular weight is 286 g/mol. The van der Waals surface area contributed by atoms with Crippen molar-refractivity contribution in [1.82, 2.24) is 5.32 Å². The normalized spacial score (nSPS) is 11.8. The third-order valence-electron chi connectivity index (χ3n) is 2.93. The van der Waals surface area contributed by atoms with Crippen LogP contribution in [0.25, 0.3) is 0 Å². The Hall–Kier alpha value is -0.540. The zero-order valence-corrected chi connectivity index (χ0v) is 12.0. The monoisotopic (exact) mass is 285 g/mol. The lowest BCUT2D eigenvalue weighted by Crippen LogP contribution is -2.37. The molecule has 3 heteroatoms. The van der Waals surface area contributed by atoms with Gasteiger partial charge in [0, 0.05) is 17.6 Å². The highest BCUT2D eigenvalue weighted by Crippen LogP contribution is 2.29. The van der Waals surface area contributed by atoms with Crippen molar-refractivity contribution >= 4 is 15.9 Å². The number of aryl methyl sites for hydroxylation is 1. The fourth-order valence-electron chi connectivity index (χ4n) is 1.40. The number of hydrogen-bond donors (Lipinski definition) is 2. The molecule has 0 saturated carbocycles. The first-order valence-corrected chi connectivity index (χ1v) is 6.38. The van der Waals surface area contributed by atoms with E-state index in [1.54, 1.807) is 0 Å². The van der Waals surface area contributed by atoms with Crippen LogP contribution in [0.15, 0.2) is 16.6 Å². The number of phenolic OH excluding ortho intramolecular Hbond substituents is 1. The third-order valence-corrected chi connectivity index (χ3v) is 3.53. The molecule has 0 heterocycles. The summed E-state index contributed by atoms with van der Waals surface area (Å²) in [6.45, 7) is 9.19. The number of benzene rings is 1. The molecule has 90 valence electrons. The smallest absolute Gasteiger partial charge is 0.134 e. The van der Waals surface area contributed by atoms with Crippen molar-refractivity contribution in [3.8, 4) is 5.75 Å². The van der Waals surface area contributed by atoms with Crippen LogP contribution in [0.1, 0.15) is 38.3 Å². The molecule has 0 aliphatic rings. The van der Waals surface area contributed by atoms with Gasteiger partial charge < -0.3 is 10.4 Å². The SMILES string of the molecule is CCC(C)(C)NCc1cc(C)cc(Br)c1O. The molecule has 0 atom stereocenters. The van der Waals surface area contributed by atoms with Crippen molar-refractivity contribution in [2.24, 2.45) is 0 Å². The van der Waals surface area contributed by atoms with Crippen molar-refractivity contribution < 1.29 is 5.11 Å². The van der Waals surface area contributed by atoms with Gasteiger partial charge in [0.25, 0.3) is 0 Å². The Labute approximate surface area is 106 Å². The van der Waals surface area contributed by atoms with Crippen LogP contribution >= 0.6 is 15.9 Å². The van der Waals surface area contributed by atoms with Gasteiger partial charge in [-0.3, -0.25) is 0 Å². The third kappa shape index (κ3) is 3.49. The van der Waals surface area contributed by atoms with E-state index >= 15 is 0 Å². The fourth-order valence-corrected chi connectivity index (χ4v) is 2.02. The second-order valence-electron chi connectivity index (χ2n) is 4.85. The first-order chi connectivity index (χ1) is 7.35. The molecular weight excluding hydrogens is 266 g/mol. The Kier molecular flexibility index (Phi) is 4.39. The molecule has 1 aromatic rings. The molecule has 0 aliphatic carbocycles. The summed E-state index contributed by atoms with van der Waals surface area (Å²) in [5.74, 6) is 0.338. The highest BCUT2D eigenvalue weighted by atomic mass is 79.9. The van der Waals surface area contributed by atoms with Gasteiger partial charge in [-0.2, -0.15) is 0 Å². The number of aromatic hydroxyl groups is 1. The van der Waals surface area contributed by atoms with E-state index in [0.29, 0.717) is 12.3 Å². The second-order valence-corrected chi connectivity index (χ2v) is 5.70. The van der Waals surface area contributed by atoms with Crippen LogP contribution in [0, 0.1) is 6.92 Å². The average Bonchev–Trinajstić information content (AvgIpc) is 2.21. The summed E-state index contributed by atoms with van der Waals surface area (Å²) >= 11 is 3.36. The van der Waals surface area contributed by atoms with E-state index in [0.717, 1.165) is 22.0 Å². The van der Waals surface area contributed by atoms with E-state index < -0.39 is 0 Å². The molecule has 0 saturated heterocycles. The van der Waals surface area contributed by atoms with Gasteiger partial charge in [-0.25, -0.2) is 0 Å². The van der Waals surface area contributed by atoms with Crippen LogP contribution in [0.4, 0.5) is 0 Å². The summed E-state index contributed by atoms with van der Waals surface area (Å²) in [4.78, 5) is 0. The molecular formula is C13H20BrNO. The van der Waals surface area contributed by atoms with Gasteiger partial charge in [-0.05, 0) is 54.8 Å². The van der Waals surface area contributed by atoms with Crippen molar-refractivity contribution in [2.75, 3.05) is 0 Å². The number of rotatable bonds is 4. The van der Waals surface area contributed by atoms with E-state index in [1.807, 2.05) is 19.1 Å². The van der Waals surface area contributed by atoms with E-state index in [1.165, 1.54) is 0 Å². The molecule has 2 nitrogen and oxygen atoms in total. The Morgan fingerprint density at radius 3 is 2.56 bits per heavy atom. The molecule has 0 aromatic heterocycles. The topological polar surface area (TPSA) is 32.3 Å². The molecule has 2 N–H and O–H groups in total. The van der Waals surface area contributed by atoms with Gasteiger partial charge in [0.2, 0.25) is 0 Å². The van der Waals surface area contributed by atoms with Crippen LogP contribution in [-0.4, -0.2) is 10.6 Å². The molecule has 0 unspecified atom stereocenters. The standard InChI is InChI=1S/C13H20BrNO/c1-5-13(3,4)15-8-10-6-9(2)7-11(14)12(10)16/h6-7,15-16H,5,8H2,1-4H3. The van der Waals surface area contributed by atoms with E-state index in [4.69, 9.17) is 0 Å². The first kappa shape index (κ1) is 13.5. The zero-order chi connectivity index (χ0) is 12.3. The molecule has 0 radical (unpaired) electrons. The number of hydrogen-bond acceptors (Lipinski definition) is 2. The van der Waals surface area contributed by atoms with Crippen molar-refractivity contribution in [1.29, 1.82) is 0 Å². The molecule has 0 fully saturated rings. The molecule has 0 aliphatic heterocycles. The minimum atomic E-state index is 0.0999. The fraction of sp³-hybridized carbons (Fsp3) is 0.538. The van der Waals surface area contributed by atoms with Gasteiger partial charge in [0.05, 0.1) is 4.47 Å². The lowest BCUT2D eigenvalue weighted by Gasteiger charge is -2.25. The van der Waals surface area contributed by atoms with Crippen LogP contribution < -0.4 is 5.32 Å². The van der Waals surface area contributed by atoms with Crippen LogP contribution in [0.5, 0.6) is 5.75 Å². The summed E-state index contributed by atoms with van der Waals surface area (Å²) in [7, 11) is 0. The van der Waals surface area contributed by atoms with Crippen LogP contribution in [-0.2, 0) is 6.54 Å². The minimum Gasteiger partial charge on any atom is -0.506 e. The lowest BCUT2D eigenvalue weighted by atomic mass is 10.0. The highest BCUT2D eigenvalue weighted by molar-refractivity contribution is 9.10. The van der Waals surface area contributed by atoms with Gasteiger partial charge in [-0.15, -0.1) is 0 Å². The van der Waals surface area contributed by atoms with E-state index in [2.05, 4.69) is 42.0 Å². The molecule has 0 spiro atoms. The maximum atomic E-state index is 9.90. The summed E-state index contributed by atoms with van der Waals surface area (Å²) < 4.78 is 0.763. The summed E-state index contributed by atoms with van der Waals surface area (Å²) in [6, 6.07) is 3.93. The van der Waals surface area contributed by atoms with E-state index in [-0.39, 0.29) is 5.54 Å². The molecule has 0 bridgehead atoms. The summed E-state index contributed by atoms with van der Waals surface area (Å²) in [5.41, 5.74) is 2.19. The number of halogens is 1. The van der Waals surface area contributed by atoms with Gasteiger partial charge in [0.15, 0.2) is 0 Å². The Bertz CT molecular complexity index is 374. The van der Waals surface area contributed by atoms with Crippen LogP contribution in [0.2, 0.25) is 0 Å². The molecule has 1 aromatic carbocycles. The first-order valence-electron chi connectivity index (χ1n) is 5.59. The predicted octanol–water partition coefficient (Wildman–Crippen LogP) is 3.74. The van der Waals surface area contributed by atoms with Gasteiger partial charge in [0.1, 0.15) is 5.75 Å². The maximum Gasteiger partial charge on any atom is 0.134 e. The largest absolute Gasteiger partial charge is 0.506 e. The number of phenols is 1. The predicted molar refractivity (Wildman–Crippen MR) is 71.8 cm³/mol. The van der Waals surface area contributed by atoms with Crippen molar-refractivity contribution in [3.63, 3.8) is 0 Å². The van der Waals surface area contributed by atoms with Gasteiger partial charge in [-0.1, -0.05) is 13.0 Å². The lowest BCUT2D eigenvalue weighted by molar-refractivity contribution is 0.369. The minimum absolute atomic E-state index is 0.0999. The maximum absolute atomic E-state index is 9.90. The zero-order valence-electron chi connectivity index (χ0n) is 10.4. The molecule has 0 amide bonds. The molecule has 1 rings (SSSR count). The Morgan fingerprint density at radius 2 is 2.00 bits per heavy atom. The van der Waals surface area contributed by atoms with Crippen LogP contribution in [0.3, 0.4) is 0 Å².